The second-order valence-electron chi connectivity index (χ2n) is 4.43. The maximum Gasteiger partial charge on any atom is 0.314 e. The lowest BCUT2D eigenvalue weighted by atomic mass is 10.1. The normalized spacial score (nSPS) is 11.5. The van der Waals surface area contributed by atoms with E-state index in [-0.39, 0.29) is 19.5 Å². The summed E-state index contributed by atoms with van der Waals surface area (Å²) < 4.78 is 5.06. The van der Waals surface area contributed by atoms with E-state index < -0.39 is 18.1 Å². The first-order valence-corrected chi connectivity index (χ1v) is 6.58. The monoisotopic (exact) mass is 296 g/mol. The Kier molecular flexibility index (Phi) is 7.03. The molecule has 116 valence electrons. The van der Waals surface area contributed by atoms with E-state index in [1.165, 1.54) is 7.11 Å². The number of ether oxygens (including phenoxy) is 1. The predicted molar refractivity (Wildman–Crippen MR) is 76.2 cm³/mol. The first-order valence-electron chi connectivity index (χ1n) is 6.58. The zero-order chi connectivity index (χ0) is 15.7. The van der Waals surface area contributed by atoms with Gasteiger partial charge in [0.25, 0.3) is 0 Å². The molecule has 7 heteroatoms. The largest absolute Gasteiger partial charge is 0.497 e. The van der Waals surface area contributed by atoms with Crippen molar-refractivity contribution >= 4 is 12.0 Å². The molecule has 0 bridgehead atoms. The Morgan fingerprint density at radius 2 is 2.10 bits per heavy atom. The average Bonchev–Trinajstić information content (AvgIpc) is 2.49. The van der Waals surface area contributed by atoms with Gasteiger partial charge in [0, 0.05) is 19.5 Å². The third-order valence-corrected chi connectivity index (χ3v) is 2.79. The maximum atomic E-state index is 11.4. The Hall–Kier alpha value is -2.28. The minimum atomic E-state index is -0.898. The topological polar surface area (TPSA) is 108 Å². The van der Waals surface area contributed by atoms with Crippen LogP contribution in [0, 0.1) is 0 Å². The summed E-state index contributed by atoms with van der Waals surface area (Å²) in [6.07, 6.45) is -0.474. The van der Waals surface area contributed by atoms with Crippen LogP contribution in [0.3, 0.4) is 0 Å². The molecule has 0 saturated heterocycles. The van der Waals surface area contributed by atoms with Crippen LogP contribution in [0.2, 0.25) is 0 Å². The first-order chi connectivity index (χ1) is 10.0. The van der Waals surface area contributed by atoms with E-state index in [9.17, 15) is 14.7 Å². The number of methoxy groups -OCH3 is 1. The number of carbonyl (C=O) groups excluding carboxylic acids is 1. The maximum absolute atomic E-state index is 11.4. The van der Waals surface area contributed by atoms with E-state index in [2.05, 4.69) is 10.6 Å². The molecule has 0 radical (unpaired) electrons. The number of aliphatic carboxylic acids is 1. The van der Waals surface area contributed by atoms with Gasteiger partial charge in [-0.25, -0.2) is 4.79 Å². The minimum absolute atomic E-state index is 0.00666. The fourth-order valence-electron chi connectivity index (χ4n) is 1.66. The summed E-state index contributed by atoms with van der Waals surface area (Å²) in [6, 6.07) is 6.50. The van der Waals surface area contributed by atoms with Gasteiger partial charge in [0.1, 0.15) is 5.75 Å². The van der Waals surface area contributed by atoms with Gasteiger partial charge in [-0.05, 0) is 24.1 Å². The number of aliphatic hydroxyl groups excluding tert-OH is 1. The molecule has 0 saturated carbocycles. The van der Waals surface area contributed by atoms with Crippen molar-refractivity contribution in [3.05, 3.63) is 29.8 Å². The van der Waals surface area contributed by atoms with Crippen molar-refractivity contribution in [3.8, 4) is 5.75 Å². The molecule has 1 atom stereocenters. The highest BCUT2D eigenvalue weighted by atomic mass is 16.5. The standard InChI is InChI=1S/C14H20N2O5/c1-21-11-5-2-4-10(8-11)12(17)9-16-14(20)15-7-3-6-13(18)19/h2,4-5,8,12,17H,3,6-7,9H2,1H3,(H,18,19)(H2,15,16,20). The molecule has 0 aliphatic heterocycles. The molecule has 1 unspecified atom stereocenters. The lowest BCUT2D eigenvalue weighted by molar-refractivity contribution is -0.137. The Bertz CT molecular complexity index is 478. The number of carboxylic acids is 1. The summed E-state index contributed by atoms with van der Waals surface area (Å²) in [5, 5.41) is 23.4. The van der Waals surface area contributed by atoms with Gasteiger partial charge in [0.2, 0.25) is 0 Å². The molecule has 7 nitrogen and oxygen atoms in total. The molecule has 4 N–H and O–H groups in total. The van der Waals surface area contributed by atoms with E-state index in [1.807, 2.05) is 0 Å². The van der Waals surface area contributed by atoms with E-state index in [1.54, 1.807) is 24.3 Å². The van der Waals surface area contributed by atoms with Gasteiger partial charge in [-0.2, -0.15) is 0 Å². The number of nitrogens with one attached hydrogen (secondary N) is 2. The number of carbonyl (C=O) groups is 2. The number of urea groups is 1. The molecule has 2 amide bonds. The zero-order valence-electron chi connectivity index (χ0n) is 11.8. The van der Waals surface area contributed by atoms with E-state index >= 15 is 0 Å². The van der Waals surface area contributed by atoms with Crippen molar-refractivity contribution in [2.75, 3.05) is 20.2 Å². The molecule has 0 spiro atoms. The van der Waals surface area contributed by atoms with Crippen LogP contribution in [-0.4, -0.2) is 42.4 Å². The molecule has 0 aliphatic rings. The van der Waals surface area contributed by atoms with Gasteiger partial charge in [-0.1, -0.05) is 12.1 Å². The highest BCUT2D eigenvalue weighted by Crippen LogP contribution is 2.18. The third-order valence-electron chi connectivity index (χ3n) is 2.79. The van der Waals surface area contributed by atoms with Gasteiger partial charge >= 0.3 is 12.0 Å². The van der Waals surface area contributed by atoms with Crippen LogP contribution in [-0.2, 0) is 4.79 Å². The summed E-state index contributed by atoms with van der Waals surface area (Å²) in [6.45, 7) is 0.325. The van der Waals surface area contributed by atoms with Gasteiger partial charge < -0.3 is 25.6 Å². The van der Waals surface area contributed by atoms with Gasteiger partial charge in [-0.15, -0.1) is 0 Å². The number of carboxylic acid groups (broad SMARTS) is 1. The van der Waals surface area contributed by atoms with Crippen LogP contribution < -0.4 is 15.4 Å². The van der Waals surface area contributed by atoms with Crippen LogP contribution >= 0.6 is 0 Å². The zero-order valence-corrected chi connectivity index (χ0v) is 11.8. The SMILES string of the molecule is COc1cccc(C(O)CNC(=O)NCCCC(=O)O)c1. The van der Waals surface area contributed by atoms with Crippen molar-refractivity contribution in [1.82, 2.24) is 10.6 Å². The Morgan fingerprint density at radius 1 is 1.33 bits per heavy atom. The summed E-state index contributed by atoms with van der Waals surface area (Å²) in [5.74, 6) is -0.268. The van der Waals surface area contributed by atoms with Crippen LogP contribution in [0.1, 0.15) is 24.5 Å². The van der Waals surface area contributed by atoms with Crippen LogP contribution in [0.4, 0.5) is 4.79 Å². The smallest absolute Gasteiger partial charge is 0.314 e. The van der Waals surface area contributed by atoms with Crippen LogP contribution in [0.25, 0.3) is 0 Å². The van der Waals surface area contributed by atoms with E-state index in [0.29, 0.717) is 17.7 Å². The summed E-state index contributed by atoms with van der Waals surface area (Å²) in [5.41, 5.74) is 0.639. The number of aliphatic hydroxyl groups is 1. The van der Waals surface area contributed by atoms with Gasteiger partial charge in [0.15, 0.2) is 0 Å². The average molecular weight is 296 g/mol. The van der Waals surface area contributed by atoms with Crippen molar-refractivity contribution in [2.24, 2.45) is 0 Å². The highest BCUT2D eigenvalue weighted by Gasteiger charge is 2.10. The van der Waals surface area contributed by atoms with Crippen molar-refractivity contribution in [3.63, 3.8) is 0 Å². The van der Waals surface area contributed by atoms with Crippen molar-refractivity contribution in [1.29, 1.82) is 0 Å². The number of benzene rings is 1. The van der Waals surface area contributed by atoms with E-state index in [0.717, 1.165) is 0 Å². The molecular weight excluding hydrogens is 276 g/mol. The molecular formula is C14H20N2O5. The summed E-state index contributed by atoms with van der Waals surface area (Å²) >= 11 is 0. The van der Waals surface area contributed by atoms with Gasteiger partial charge in [-0.3, -0.25) is 4.79 Å². The molecule has 1 aromatic carbocycles. The van der Waals surface area contributed by atoms with Crippen LogP contribution in [0.5, 0.6) is 5.75 Å². The Balaban J connectivity index is 2.30. The fraction of sp³-hybridized carbons (Fsp3) is 0.429. The Morgan fingerprint density at radius 3 is 2.76 bits per heavy atom. The number of amides is 2. The van der Waals surface area contributed by atoms with Crippen LogP contribution in [0.15, 0.2) is 24.3 Å². The second-order valence-corrected chi connectivity index (χ2v) is 4.43. The molecule has 0 aromatic heterocycles. The van der Waals surface area contributed by atoms with Crippen molar-refractivity contribution in [2.45, 2.75) is 18.9 Å². The molecule has 21 heavy (non-hydrogen) atoms. The minimum Gasteiger partial charge on any atom is -0.497 e. The van der Waals surface area contributed by atoms with E-state index in [4.69, 9.17) is 9.84 Å². The molecule has 0 aliphatic carbocycles. The lowest BCUT2D eigenvalue weighted by Gasteiger charge is -2.13. The molecule has 1 aromatic rings. The Labute approximate surface area is 122 Å². The quantitative estimate of drug-likeness (QED) is 0.533. The molecule has 1 rings (SSSR count). The summed E-state index contributed by atoms with van der Waals surface area (Å²) in [4.78, 5) is 21.7. The third kappa shape index (κ3) is 6.62. The number of rotatable bonds is 8. The highest BCUT2D eigenvalue weighted by molar-refractivity contribution is 5.74. The molecule has 0 heterocycles. The second kappa shape index (κ2) is 8.80. The van der Waals surface area contributed by atoms with Gasteiger partial charge in [0.05, 0.1) is 13.2 Å². The lowest BCUT2D eigenvalue weighted by Crippen LogP contribution is -2.38. The predicted octanol–water partition coefficient (Wildman–Crippen LogP) is 0.893. The van der Waals surface area contributed by atoms with Crippen molar-refractivity contribution < 1.29 is 24.5 Å². The summed E-state index contributed by atoms with van der Waals surface area (Å²) in [7, 11) is 1.54. The fourth-order valence-corrected chi connectivity index (χ4v) is 1.66. The molecule has 0 fully saturated rings. The first kappa shape index (κ1) is 16.8. The number of hydrogen-bond acceptors (Lipinski definition) is 4. The number of hydrogen-bond donors (Lipinski definition) is 4.